The van der Waals surface area contributed by atoms with E-state index in [-0.39, 0.29) is 0 Å². The largest absolute Gasteiger partial charge is 0.351 e. The minimum Gasteiger partial charge on any atom is -0.351 e. The third kappa shape index (κ3) is 2.63. The van der Waals surface area contributed by atoms with Crippen molar-refractivity contribution in [2.75, 3.05) is 25.0 Å². The third-order valence-corrected chi connectivity index (χ3v) is 3.69. The summed E-state index contributed by atoms with van der Waals surface area (Å²) < 4.78 is 0. The van der Waals surface area contributed by atoms with E-state index in [9.17, 15) is 0 Å². The summed E-state index contributed by atoms with van der Waals surface area (Å²) in [6, 6.07) is 10.4. The summed E-state index contributed by atoms with van der Waals surface area (Å²) in [5.41, 5.74) is 1.68. The van der Waals surface area contributed by atoms with Crippen molar-refractivity contribution in [2.24, 2.45) is 0 Å². The molecule has 1 N–H and O–H groups in total. The number of aromatic nitrogens is 3. The molecule has 1 saturated heterocycles. The summed E-state index contributed by atoms with van der Waals surface area (Å²) in [6.07, 6.45) is 4.20. The molecule has 2 aromatic rings. The zero-order valence-electron chi connectivity index (χ0n) is 11.7. The molecule has 0 bridgehead atoms. The van der Waals surface area contributed by atoms with Crippen LogP contribution in [0.2, 0.25) is 0 Å². The summed E-state index contributed by atoms with van der Waals surface area (Å²) in [7, 11) is 1.99. The van der Waals surface area contributed by atoms with Gasteiger partial charge in [0.05, 0.1) is 5.69 Å². The molecule has 2 aromatic heterocycles. The van der Waals surface area contributed by atoms with Gasteiger partial charge in [0.15, 0.2) is 5.82 Å². The van der Waals surface area contributed by atoms with Gasteiger partial charge in [-0.3, -0.25) is 4.98 Å². The second-order valence-electron chi connectivity index (χ2n) is 5.04. The fourth-order valence-electron chi connectivity index (χ4n) is 2.71. The summed E-state index contributed by atoms with van der Waals surface area (Å²) in [5, 5.41) is 11.9. The monoisotopic (exact) mass is 269 g/mol. The Morgan fingerprint density at radius 3 is 2.85 bits per heavy atom. The van der Waals surface area contributed by atoms with Gasteiger partial charge in [-0.05, 0) is 44.2 Å². The van der Waals surface area contributed by atoms with Crippen molar-refractivity contribution in [3.8, 4) is 11.4 Å². The lowest BCUT2D eigenvalue weighted by atomic mass is 10.2. The first-order valence-electron chi connectivity index (χ1n) is 7.05. The van der Waals surface area contributed by atoms with E-state index >= 15 is 0 Å². The third-order valence-electron chi connectivity index (χ3n) is 3.69. The van der Waals surface area contributed by atoms with Crippen LogP contribution >= 0.6 is 0 Å². The Morgan fingerprint density at radius 1 is 1.20 bits per heavy atom. The number of nitrogens with zero attached hydrogens (tertiary/aromatic N) is 4. The zero-order chi connectivity index (χ0) is 13.8. The molecule has 3 rings (SSSR count). The van der Waals surface area contributed by atoms with Crippen LogP contribution in [0.3, 0.4) is 0 Å². The first kappa shape index (κ1) is 13.0. The molecule has 20 heavy (non-hydrogen) atoms. The van der Waals surface area contributed by atoms with Crippen molar-refractivity contribution >= 4 is 5.82 Å². The van der Waals surface area contributed by atoms with Crippen LogP contribution in [0.15, 0.2) is 36.5 Å². The van der Waals surface area contributed by atoms with Crippen molar-refractivity contribution < 1.29 is 0 Å². The number of hydrogen-bond acceptors (Lipinski definition) is 5. The summed E-state index contributed by atoms with van der Waals surface area (Å²) in [6.45, 7) is 2.05. The molecule has 1 atom stereocenters. The van der Waals surface area contributed by atoms with Gasteiger partial charge in [0.25, 0.3) is 0 Å². The Hall–Kier alpha value is -2.01. The van der Waals surface area contributed by atoms with E-state index in [2.05, 4.69) is 25.4 Å². The van der Waals surface area contributed by atoms with Crippen molar-refractivity contribution in [2.45, 2.75) is 18.9 Å². The first-order chi connectivity index (χ1) is 9.88. The molecule has 5 nitrogen and oxygen atoms in total. The van der Waals surface area contributed by atoms with Gasteiger partial charge in [-0.25, -0.2) is 0 Å². The number of anilines is 1. The van der Waals surface area contributed by atoms with E-state index in [1.54, 1.807) is 6.20 Å². The number of nitrogens with one attached hydrogen (secondary N) is 1. The quantitative estimate of drug-likeness (QED) is 0.916. The molecule has 3 heterocycles. The molecule has 1 aliphatic heterocycles. The Kier molecular flexibility index (Phi) is 3.87. The Balaban J connectivity index is 1.79. The maximum absolute atomic E-state index is 4.38. The first-order valence-corrected chi connectivity index (χ1v) is 7.05. The molecule has 0 saturated carbocycles. The van der Waals surface area contributed by atoms with Crippen LogP contribution in [0, 0.1) is 0 Å². The highest BCUT2D eigenvalue weighted by atomic mass is 15.3. The molecule has 0 aliphatic carbocycles. The Morgan fingerprint density at radius 2 is 2.15 bits per heavy atom. The van der Waals surface area contributed by atoms with Crippen molar-refractivity contribution in [1.29, 1.82) is 0 Å². The highest BCUT2D eigenvalue weighted by molar-refractivity contribution is 5.55. The van der Waals surface area contributed by atoms with Gasteiger partial charge in [0.1, 0.15) is 5.69 Å². The van der Waals surface area contributed by atoms with Gasteiger partial charge in [-0.2, -0.15) is 0 Å². The van der Waals surface area contributed by atoms with Gasteiger partial charge in [0.2, 0.25) is 0 Å². The SMILES string of the molecule is CNCC1CCCN1c1ccc(-c2ccccn2)nn1. The molecular formula is C15H19N5. The Bertz CT molecular complexity index is 540. The fourth-order valence-corrected chi connectivity index (χ4v) is 2.71. The van der Waals surface area contributed by atoms with Gasteiger partial charge in [-0.15, -0.1) is 10.2 Å². The highest BCUT2D eigenvalue weighted by Gasteiger charge is 2.25. The van der Waals surface area contributed by atoms with Crippen molar-refractivity contribution in [3.05, 3.63) is 36.5 Å². The normalized spacial score (nSPS) is 18.4. The highest BCUT2D eigenvalue weighted by Crippen LogP contribution is 2.24. The summed E-state index contributed by atoms with van der Waals surface area (Å²) in [5.74, 6) is 0.961. The lowest BCUT2D eigenvalue weighted by Crippen LogP contribution is -2.37. The smallest absolute Gasteiger partial charge is 0.151 e. The average Bonchev–Trinajstić information content (AvgIpc) is 2.97. The number of hydrogen-bond donors (Lipinski definition) is 1. The minimum atomic E-state index is 0.523. The molecule has 0 radical (unpaired) electrons. The predicted octanol–water partition coefficient (Wildman–Crippen LogP) is 1.73. The molecule has 1 fully saturated rings. The molecule has 0 amide bonds. The van der Waals surface area contributed by atoms with E-state index in [0.717, 1.165) is 30.3 Å². The number of pyridine rings is 1. The lowest BCUT2D eigenvalue weighted by Gasteiger charge is -2.25. The summed E-state index contributed by atoms with van der Waals surface area (Å²) in [4.78, 5) is 6.63. The minimum absolute atomic E-state index is 0.523. The van der Waals surface area contributed by atoms with E-state index in [4.69, 9.17) is 0 Å². The van der Waals surface area contributed by atoms with Gasteiger partial charge in [-0.1, -0.05) is 6.07 Å². The van der Waals surface area contributed by atoms with Gasteiger partial charge < -0.3 is 10.2 Å². The predicted molar refractivity (Wildman–Crippen MR) is 79.6 cm³/mol. The summed E-state index contributed by atoms with van der Waals surface area (Å²) >= 11 is 0. The average molecular weight is 269 g/mol. The topological polar surface area (TPSA) is 53.9 Å². The van der Waals surface area contributed by atoms with Crippen LogP contribution in [-0.2, 0) is 0 Å². The van der Waals surface area contributed by atoms with E-state index < -0.39 is 0 Å². The van der Waals surface area contributed by atoms with Gasteiger partial charge in [0, 0.05) is 25.3 Å². The Labute approximate surface area is 119 Å². The molecule has 5 heteroatoms. The lowest BCUT2D eigenvalue weighted by molar-refractivity contribution is 0.610. The van der Waals surface area contributed by atoms with E-state index in [0.29, 0.717) is 6.04 Å². The molecule has 0 aromatic carbocycles. The van der Waals surface area contributed by atoms with E-state index in [1.165, 1.54) is 12.8 Å². The second kappa shape index (κ2) is 5.96. The molecule has 104 valence electrons. The number of rotatable bonds is 4. The van der Waals surface area contributed by atoms with Crippen LogP contribution in [0.25, 0.3) is 11.4 Å². The molecule has 0 spiro atoms. The molecule has 1 unspecified atom stereocenters. The van der Waals surface area contributed by atoms with Crippen molar-refractivity contribution in [3.63, 3.8) is 0 Å². The zero-order valence-corrected chi connectivity index (χ0v) is 11.7. The molecular weight excluding hydrogens is 250 g/mol. The van der Waals surface area contributed by atoms with Crippen LogP contribution < -0.4 is 10.2 Å². The maximum Gasteiger partial charge on any atom is 0.151 e. The van der Waals surface area contributed by atoms with Crippen LogP contribution in [0.4, 0.5) is 5.82 Å². The number of likely N-dealkylation sites (N-methyl/N-ethyl adjacent to an activating group) is 1. The maximum atomic E-state index is 4.38. The second-order valence-corrected chi connectivity index (χ2v) is 5.04. The standard InChI is InChI=1S/C15H19N5/c1-16-11-12-5-4-10-20(12)15-8-7-14(18-19-15)13-6-2-3-9-17-13/h2-3,6-9,12,16H,4-5,10-11H2,1H3. The van der Waals surface area contributed by atoms with Crippen LogP contribution in [0.5, 0.6) is 0 Å². The fraction of sp³-hybridized carbons (Fsp3) is 0.400. The van der Waals surface area contributed by atoms with Crippen LogP contribution in [0.1, 0.15) is 12.8 Å². The van der Waals surface area contributed by atoms with Crippen molar-refractivity contribution in [1.82, 2.24) is 20.5 Å². The van der Waals surface area contributed by atoms with E-state index in [1.807, 2.05) is 37.4 Å². The molecule has 1 aliphatic rings. The van der Waals surface area contributed by atoms with Crippen LogP contribution in [-0.4, -0.2) is 41.4 Å². The van der Waals surface area contributed by atoms with Gasteiger partial charge >= 0.3 is 0 Å².